The van der Waals surface area contributed by atoms with Crippen molar-refractivity contribution < 1.29 is 9.90 Å². The van der Waals surface area contributed by atoms with E-state index < -0.39 is 0 Å². The van der Waals surface area contributed by atoms with Crippen LogP contribution in [0, 0.1) is 5.92 Å². The number of carbonyl (C=O) groups is 1. The normalized spacial score (nSPS) is 20.2. The molecule has 1 aliphatic rings. The minimum atomic E-state index is -0.151. The molecule has 1 amide bonds. The van der Waals surface area contributed by atoms with Crippen LogP contribution in [0.3, 0.4) is 0 Å². The number of nitrogens with zero attached hydrogens (tertiary/aromatic N) is 1. The Hall–Kier alpha value is -0.650. The van der Waals surface area contributed by atoms with Gasteiger partial charge in [0.05, 0.1) is 6.54 Å². The second-order valence-corrected chi connectivity index (χ2v) is 3.47. The molecule has 1 heterocycles. The van der Waals surface area contributed by atoms with Gasteiger partial charge >= 0.3 is 0 Å². The van der Waals surface area contributed by atoms with E-state index >= 15 is 0 Å². The number of carbonyl (C=O) groups excluding carboxylic acids is 1. The van der Waals surface area contributed by atoms with Gasteiger partial charge in [-0.25, -0.2) is 5.84 Å². The maximum atomic E-state index is 10.9. The number of nitrogens with two attached hydrogens (primary N) is 1. The summed E-state index contributed by atoms with van der Waals surface area (Å²) in [6.45, 7) is 2.38. The molecule has 1 aliphatic heterocycles. The minimum Gasteiger partial charge on any atom is -0.396 e. The molecule has 0 atom stereocenters. The number of aliphatic hydroxyl groups is 1. The Labute approximate surface area is 77.9 Å². The van der Waals surface area contributed by atoms with E-state index in [-0.39, 0.29) is 12.5 Å². The van der Waals surface area contributed by atoms with Gasteiger partial charge in [0.15, 0.2) is 0 Å². The Morgan fingerprint density at radius 2 is 2.15 bits per heavy atom. The van der Waals surface area contributed by atoms with E-state index in [0.717, 1.165) is 25.9 Å². The standard InChI is InChI=1S/C8H17N3O2/c9-10-8(13)5-11-3-1-7(6-12)2-4-11/h7,12H,1-6,9H2,(H,10,13). The zero-order chi connectivity index (χ0) is 9.68. The molecule has 0 radical (unpaired) electrons. The quantitative estimate of drug-likeness (QED) is 0.291. The van der Waals surface area contributed by atoms with Crippen LogP contribution in [0.1, 0.15) is 12.8 Å². The van der Waals surface area contributed by atoms with E-state index in [1.54, 1.807) is 0 Å². The summed E-state index contributed by atoms with van der Waals surface area (Å²) in [7, 11) is 0. The summed E-state index contributed by atoms with van der Waals surface area (Å²) < 4.78 is 0. The summed E-state index contributed by atoms with van der Waals surface area (Å²) in [5.41, 5.74) is 2.11. The number of hydrazine groups is 1. The molecule has 5 nitrogen and oxygen atoms in total. The van der Waals surface area contributed by atoms with Gasteiger partial charge in [-0.1, -0.05) is 0 Å². The second-order valence-electron chi connectivity index (χ2n) is 3.47. The summed E-state index contributed by atoms with van der Waals surface area (Å²) >= 11 is 0. The lowest BCUT2D eigenvalue weighted by Crippen LogP contribution is -2.43. The first kappa shape index (κ1) is 10.4. The molecule has 0 aliphatic carbocycles. The topological polar surface area (TPSA) is 78.6 Å². The predicted molar refractivity (Wildman–Crippen MR) is 48.6 cm³/mol. The lowest BCUT2D eigenvalue weighted by atomic mass is 9.98. The minimum absolute atomic E-state index is 0.151. The SMILES string of the molecule is NNC(=O)CN1CCC(CO)CC1. The molecule has 76 valence electrons. The average Bonchev–Trinajstić information content (AvgIpc) is 2.19. The number of amides is 1. The van der Waals surface area contributed by atoms with Gasteiger partial charge in [0, 0.05) is 6.61 Å². The van der Waals surface area contributed by atoms with E-state index in [4.69, 9.17) is 10.9 Å². The maximum Gasteiger partial charge on any atom is 0.248 e. The molecule has 0 unspecified atom stereocenters. The molecule has 0 aromatic carbocycles. The molecular formula is C8H17N3O2. The van der Waals surface area contributed by atoms with Gasteiger partial charge in [-0.3, -0.25) is 15.1 Å². The number of rotatable bonds is 3. The van der Waals surface area contributed by atoms with E-state index in [1.165, 1.54) is 0 Å². The number of nitrogens with one attached hydrogen (secondary N) is 1. The zero-order valence-corrected chi connectivity index (χ0v) is 7.70. The highest BCUT2D eigenvalue weighted by atomic mass is 16.3. The predicted octanol–water partition coefficient (Wildman–Crippen LogP) is -1.32. The van der Waals surface area contributed by atoms with Gasteiger partial charge in [-0.05, 0) is 31.8 Å². The number of aliphatic hydroxyl groups excluding tert-OH is 1. The van der Waals surface area contributed by atoms with Crippen molar-refractivity contribution in [3.63, 3.8) is 0 Å². The average molecular weight is 187 g/mol. The third kappa shape index (κ3) is 3.30. The van der Waals surface area contributed by atoms with Gasteiger partial charge in [0.1, 0.15) is 0 Å². The number of piperidine rings is 1. The Bertz CT molecular complexity index is 167. The van der Waals surface area contributed by atoms with Crippen molar-refractivity contribution in [1.29, 1.82) is 0 Å². The molecule has 0 spiro atoms. The number of hydrogen-bond donors (Lipinski definition) is 3. The van der Waals surface area contributed by atoms with Crippen molar-refractivity contribution in [2.45, 2.75) is 12.8 Å². The highest BCUT2D eigenvalue weighted by Crippen LogP contribution is 2.15. The maximum absolute atomic E-state index is 10.9. The van der Waals surface area contributed by atoms with Crippen molar-refractivity contribution in [3.8, 4) is 0 Å². The number of likely N-dealkylation sites (tertiary alicyclic amines) is 1. The molecule has 1 fully saturated rings. The van der Waals surface area contributed by atoms with Gasteiger partial charge in [0.25, 0.3) is 0 Å². The van der Waals surface area contributed by atoms with Crippen LogP contribution >= 0.6 is 0 Å². The first-order valence-electron chi connectivity index (χ1n) is 4.59. The lowest BCUT2D eigenvalue weighted by Gasteiger charge is -2.30. The summed E-state index contributed by atoms with van der Waals surface area (Å²) in [6, 6.07) is 0. The fourth-order valence-electron chi connectivity index (χ4n) is 1.58. The lowest BCUT2D eigenvalue weighted by molar-refractivity contribution is -0.122. The fourth-order valence-corrected chi connectivity index (χ4v) is 1.58. The molecule has 0 aromatic rings. The Morgan fingerprint density at radius 3 is 2.62 bits per heavy atom. The van der Waals surface area contributed by atoms with Gasteiger partial charge in [-0.2, -0.15) is 0 Å². The van der Waals surface area contributed by atoms with Gasteiger partial charge in [-0.15, -0.1) is 0 Å². The van der Waals surface area contributed by atoms with E-state index in [0.29, 0.717) is 12.5 Å². The van der Waals surface area contributed by atoms with E-state index in [2.05, 4.69) is 5.43 Å². The molecule has 5 heteroatoms. The van der Waals surface area contributed by atoms with Gasteiger partial charge in [0.2, 0.25) is 5.91 Å². The molecule has 1 saturated heterocycles. The molecule has 4 N–H and O–H groups in total. The first-order valence-corrected chi connectivity index (χ1v) is 4.59. The highest BCUT2D eigenvalue weighted by Gasteiger charge is 2.19. The second kappa shape index (κ2) is 5.16. The van der Waals surface area contributed by atoms with Crippen LogP contribution in [0.2, 0.25) is 0 Å². The molecule has 0 saturated carbocycles. The van der Waals surface area contributed by atoms with Crippen LogP contribution in [0.25, 0.3) is 0 Å². The summed E-state index contributed by atoms with van der Waals surface area (Å²) in [5.74, 6) is 5.24. The largest absolute Gasteiger partial charge is 0.396 e. The van der Waals surface area contributed by atoms with Gasteiger partial charge < -0.3 is 5.11 Å². The van der Waals surface area contributed by atoms with Crippen molar-refractivity contribution in [1.82, 2.24) is 10.3 Å². The first-order chi connectivity index (χ1) is 6.26. The summed E-state index contributed by atoms with van der Waals surface area (Å²) in [5, 5.41) is 8.89. The van der Waals surface area contributed by atoms with Crippen LogP contribution < -0.4 is 11.3 Å². The molecular weight excluding hydrogens is 170 g/mol. The zero-order valence-electron chi connectivity index (χ0n) is 7.70. The molecule has 13 heavy (non-hydrogen) atoms. The number of hydrogen-bond acceptors (Lipinski definition) is 4. The van der Waals surface area contributed by atoms with Crippen molar-refractivity contribution in [2.75, 3.05) is 26.2 Å². The van der Waals surface area contributed by atoms with Crippen LogP contribution in [0.4, 0.5) is 0 Å². The monoisotopic (exact) mass is 187 g/mol. The molecule has 1 rings (SSSR count). The van der Waals surface area contributed by atoms with Crippen LogP contribution in [-0.2, 0) is 4.79 Å². The molecule has 0 aromatic heterocycles. The van der Waals surface area contributed by atoms with Crippen LogP contribution in [0.15, 0.2) is 0 Å². The van der Waals surface area contributed by atoms with E-state index in [1.807, 2.05) is 4.90 Å². The molecule has 0 bridgehead atoms. The third-order valence-corrected chi connectivity index (χ3v) is 2.49. The smallest absolute Gasteiger partial charge is 0.248 e. The Morgan fingerprint density at radius 1 is 1.54 bits per heavy atom. The summed E-state index contributed by atoms with van der Waals surface area (Å²) in [4.78, 5) is 13.0. The third-order valence-electron chi connectivity index (χ3n) is 2.49. The van der Waals surface area contributed by atoms with Crippen LogP contribution in [-0.4, -0.2) is 42.2 Å². The van der Waals surface area contributed by atoms with Crippen molar-refractivity contribution >= 4 is 5.91 Å². The fraction of sp³-hybridized carbons (Fsp3) is 0.875. The van der Waals surface area contributed by atoms with E-state index in [9.17, 15) is 4.79 Å². The Balaban J connectivity index is 2.21. The Kier molecular flexibility index (Phi) is 4.14. The highest BCUT2D eigenvalue weighted by molar-refractivity contribution is 5.77. The van der Waals surface area contributed by atoms with Crippen molar-refractivity contribution in [3.05, 3.63) is 0 Å². The van der Waals surface area contributed by atoms with Crippen LogP contribution in [0.5, 0.6) is 0 Å². The van der Waals surface area contributed by atoms with Crippen molar-refractivity contribution in [2.24, 2.45) is 11.8 Å². The summed E-state index contributed by atoms with van der Waals surface area (Å²) in [6.07, 6.45) is 1.93.